The van der Waals surface area contributed by atoms with E-state index in [1.165, 1.54) is 161 Å². The fourth-order valence-electron chi connectivity index (χ4n) is 8.26. The lowest BCUT2D eigenvalue weighted by molar-refractivity contribution is -0.297. The molecule has 13 heteroatoms. The van der Waals surface area contributed by atoms with E-state index in [9.17, 15) is 37.9 Å². The molecule has 0 aromatic rings. The van der Waals surface area contributed by atoms with Gasteiger partial charge in [-0.05, 0) is 38.5 Å². The average molecular weight is 933 g/mol. The van der Waals surface area contributed by atoms with Crippen molar-refractivity contribution in [3.8, 4) is 0 Å². The van der Waals surface area contributed by atoms with Gasteiger partial charge in [0, 0.05) is 12.8 Å². The highest BCUT2D eigenvalue weighted by molar-refractivity contribution is 7.85. The monoisotopic (exact) mass is 933 g/mol. The fraction of sp³-hybridized carbons (Fsp3) is 0.922. The maximum absolute atomic E-state index is 12.8. The van der Waals surface area contributed by atoms with Crippen molar-refractivity contribution in [2.45, 2.75) is 282 Å². The summed E-state index contributed by atoms with van der Waals surface area (Å²) in [6, 6.07) is 0. The smallest absolute Gasteiger partial charge is 0.306 e. The quantitative estimate of drug-likeness (QED) is 0.0196. The molecule has 64 heavy (non-hydrogen) atoms. The summed E-state index contributed by atoms with van der Waals surface area (Å²) in [7, 11) is -4.60. The van der Waals surface area contributed by atoms with Gasteiger partial charge in [-0.1, -0.05) is 206 Å². The zero-order valence-corrected chi connectivity index (χ0v) is 41.5. The van der Waals surface area contributed by atoms with Crippen LogP contribution in [0.3, 0.4) is 0 Å². The number of carbonyl (C=O) groups excluding carboxylic acids is 2. The third kappa shape index (κ3) is 35.6. The topological polar surface area (TPSA) is 186 Å². The van der Waals surface area contributed by atoms with Crippen LogP contribution in [0.5, 0.6) is 0 Å². The lowest BCUT2D eigenvalue weighted by Crippen LogP contribution is -2.60. The number of aliphatic hydroxyl groups is 3. The molecule has 0 aliphatic carbocycles. The molecule has 1 heterocycles. The molecule has 1 rings (SSSR count). The van der Waals surface area contributed by atoms with E-state index < -0.39 is 71.2 Å². The number of aliphatic hydroxyl groups excluding tert-OH is 3. The Hall–Kier alpha value is -1.61. The number of rotatable bonds is 45. The standard InChI is InChI=1S/C51H96O12S/c1-3-5-7-9-11-13-15-17-19-20-21-22-23-24-26-27-29-31-33-35-37-39-46(52)60-41-44(42-61-51-50(56)49(55)48(54)45(63-51)43-64(57,58)59)62-47(53)40-38-36-34-32-30-28-25-18-16-14-12-10-8-6-4-2/h28,30,44-45,48-51,54-56H,3-27,29,31-43H2,1-2H3,(H,57,58,59)/b30-28+/t44-,45-,48-,49?,50?,51+/m1/s1. The number of unbranched alkanes of at least 4 members (excludes halogenated alkanes) is 31. The van der Waals surface area contributed by atoms with Crippen molar-refractivity contribution >= 4 is 22.1 Å². The Kier molecular flexibility index (Phi) is 39.2. The van der Waals surface area contributed by atoms with E-state index >= 15 is 0 Å². The van der Waals surface area contributed by atoms with Crippen LogP contribution in [-0.2, 0) is 38.7 Å². The predicted octanol–water partition coefficient (Wildman–Crippen LogP) is 11.8. The van der Waals surface area contributed by atoms with Crippen LogP contribution in [-0.4, -0.2) is 96.0 Å². The summed E-state index contributed by atoms with van der Waals surface area (Å²) in [6.07, 6.45) is 36.9. The van der Waals surface area contributed by atoms with Crippen LogP contribution in [0.25, 0.3) is 0 Å². The van der Waals surface area contributed by atoms with Crippen LogP contribution in [0, 0.1) is 0 Å². The highest BCUT2D eigenvalue weighted by atomic mass is 32.2. The summed E-state index contributed by atoms with van der Waals surface area (Å²) in [5.74, 6) is -1.98. The summed E-state index contributed by atoms with van der Waals surface area (Å²) in [5.41, 5.74) is 0. The molecule has 1 fully saturated rings. The molecule has 6 atom stereocenters. The van der Waals surface area contributed by atoms with Crippen molar-refractivity contribution < 1.29 is 56.8 Å². The SMILES string of the molecule is CCCCCCCCCC/C=C/CCCCCC(=O)O[C@H](COC(=O)CCCCCCCCCCCCCCCCCCCCCCC)CO[C@H]1O[C@H](CS(=O)(=O)O)[C@@H](O)C(O)C1O. The zero-order valence-electron chi connectivity index (χ0n) is 40.7. The highest BCUT2D eigenvalue weighted by Gasteiger charge is 2.46. The van der Waals surface area contributed by atoms with Crippen LogP contribution in [0.1, 0.15) is 245 Å². The molecule has 2 unspecified atom stereocenters. The van der Waals surface area contributed by atoms with Gasteiger partial charge < -0.3 is 34.3 Å². The number of allylic oxidation sites excluding steroid dienone is 2. The van der Waals surface area contributed by atoms with Crippen LogP contribution in [0.15, 0.2) is 12.2 Å². The van der Waals surface area contributed by atoms with Crippen LogP contribution in [0.2, 0.25) is 0 Å². The van der Waals surface area contributed by atoms with Gasteiger partial charge in [0.25, 0.3) is 10.1 Å². The van der Waals surface area contributed by atoms with Crippen molar-refractivity contribution in [2.24, 2.45) is 0 Å². The Labute approximate surface area is 390 Å². The van der Waals surface area contributed by atoms with Gasteiger partial charge >= 0.3 is 11.9 Å². The normalized spacial score (nSPS) is 19.6. The molecule has 12 nitrogen and oxygen atoms in total. The van der Waals surface area contributed by atoms with Crippen LogP contribution < -0.4 is 0 Å². The average Bonchev–Trinajstić information content (AvgIpc) is 3.26. The van der Waals surface area contributed by atoms with Crippen molar-refractivity contribution in [3.63, 3.8) is 0 Å². The molecule has 378 valence electrons. The third-order valence-corrected chi connectivity index (χ3v) is 13.1. The maximum Gasteiger partial charge on any atom is 0.306 e. The molecule has 1 aliphatic heterocycles. The van der Waals surface area contributed by atoms with E-state index in [4.69, 9.17) is 18.9 Å². The van der Waals surface area contributed by atoms with Gasteiger partial charge in [-0.15, -0.1) is 0 Å². The van der Waals surface area contributed by atoms with Gasteiger partial charge in [-0.3, -0.25) is 14.1 Å². The first kappa shape index (κ1) is 60.4. The van der Waals surface area contributed by atoms with E-state index in [1.807, 2.05) is 0 Å². The van der Waals surface area contributed by atoms with Gasteiger partial charge in [-0.25, -0.2) is 0 Å². The Balaban J connectivity index is 2.34. The van der Waals surface area contributed by atoms with E-state index in [0.29, 0.717) is 12.8 Å². The van der Waals surface area contributed by atoms with E-state index in [0.717, 1.165) is 44.9 Å². The number of hydrogen-bond donors (Lipinski definition) is 4. The molecular weight excluding hydrogens is 837 g/mol. The minimum Gasteiger partial charge on any atom is -0.462 e. The van der Waals surface area contributed by atoms with Crippen LogP contribution in [0.4, 0.5) is 0 Å². The van der Waals surface area contributed by atoms with Gasteiger partial charge in [0.1, 0.15) is 36.8 Å². The highest BCUT2D eigenvalue weighted by Crippen LogP contribution is 2.24. The lowest BCUT2D eigenvalue weighted by Gasteiger charge is -2.40. The maximum atomic E-state index is 12.8. The second-order valence-electron chi connectivity index (χ2n) is 18.5. The predicted molar refractivity (Wildman–Crippen MR) is 257 cm³/mol. The van der Waals surface area contributed by atoms with Crippen LogP contribution >= 0.6 is 0 Å². The fourth-order valence-corrected chi connectivity index (χ4v) is 8.95. The largest absolute Gasteiger partial charge is 0.462 e. The van der Waals surface area contributed by atoms with Crippen molar-refractivity contribution in [1.82, 2.24) is 0 Å². The summed E-state index contributed by atoms with van der Waals surface area (Å²) in [4.78, 5) is 25.5. The first-order valence-corrected chi connectivity index (χ1v) is 27.9. The molecule has 0 saturated carbocycles. The van der Waals surface area contributed by atoms with Crippen molar-refractivity contribution in [3.05, 3.63) is 12.2 Å². The number of ether oxygens (including phenoxy) is 4. The molecule has 0 spiro atoms. The van der Waals surface area contributed by atoms with Gasteiger partial charge in [0.05, 0.1) is 6.61 Å². The Morgan fingerprint density at radius 1 is 0.516 bits per heavy atom. The molecule has 0 aromatic carbocycles. The van der Waals surface area contributed by atoms with E-state index in [-0.39, 0.29) is 19.4 Å². The number of hydrogen-bond acceptors (Lipinski definition) is 11. The third-order valence-electron chi connectivity index (χ3n) is 12.3. The Morgan fingerprint density at radius 3 is 1.31 bits per heavy atom. The van der Waals surface area contributed by atoms with E-state index in [1.54, 1.807) is 0 Å². The summed E-state index contributed by atoms with van der Waals surface area (Å²) >= 11 is 0. The zero-order chi connectivity index (χ0) is 46.9. The van der Waals surface area contributed by atoms with Gasteiger partial charge in [0.15, 0.2) is 12.4 Å². The Bertz CT molecular complexity index is 1230. The minimum atomic E-state index is -4.60. The van der Waals surface area contributed by atoms with E-state index in [2.05, 4.69) is 26.0 Å². The summed E-state index contributed by atoms with van der Waals surface area (Å²) < 4.78 is 54.2. The molecular formula is C51H96O12S. The van der Waals surface area contributed by atoms with Crippen molar-refractivity contribution in [1.29, 1.82) is 0 Å². The molecule has 0 radical (unpaired) electrons. The minimum absolute atomic E-state index is 0.149. The lowest BCUT2D eigenvalue weighted by atomic mass is 10.00. The Morgan fingerprint density at radius 2 is 0.891 bits per heavy atom. The molecule has 0 bridgehead atoms. The second-order valence-corrected chi connectivity index (χ2v) is 20.0. The molecule has 0 amide bonds. The van der Waals surface area contributed by atoms with Crippen molar-refractivity contribution in [2.75, 3.05) is 19.0 Å². The number of carbonyl (C=O) groups is 2. The molecule has 1 saturated heterocycles. The number of esters is 2. The molecule has 0 aromatic heterocycles. The first-order chi connectivity index (χ1) is 31.0. The summed E-state index contributed by atoms with van der Waals surface area (Å²) in [5, 5.41) is 31.0. The van der Waals surface area contributed by atoms with Gasteiger partial charge in [-0.2, -0.15) is 8.42 Å². The second kappa shape index (κ2) is 41.6. The first-order valence-electron chi connectivity index (χ1n) is 26.2. The summed E-state index contributed by atoms with van der Waals surface area (Å²) in [6.45, 7) is 3.79. The molecule has 1 aliphatic rings. The van der Waals surface area contributed by atoms with Gasteiger partial charge in [0.2, 0.25) is 0 Å². The molecule has 4 N–H and O–H groups in total.